The Morgan fingerprint density at radius 3 is 1.86 bits per heavy atom. The van der Waals surface area contributed by atoms with Gasteiger partial charge in [-0.2, -0.15) is 0 Å². The fourth-order valence-corrected chi connectivity index (χ4v) is 6.41. The third kappa shape index (κ3) is 1.60. The summed E-state index contributed by atoms with van der Waals surface area (Å²) in [5, 5.41) is 2.34. The number of rotatable bonds is 3. The van der Waals surface area contributed by atoms with Crippen molar-refractivity contribution in [2.24, 2.45) is 0 Å². The van der Waals surface area contributed by atoms with Crippen LogP contribution in [0.5, 0.6) is 0 Å². The van der Waals surface area contributed by atoms with Crippen molar-refractivity contribution in [3.63, 3.8) is 0 Å². The van der Waals surface area contributed by atoms with Crippen molar-refractivity contribution in [1.29, 1.82) is 0 Å². The summed E-state index contributed by atoms with van der Waals surface area (Å²) in [6.07, 6.45) is 15.5. The van der Waals surface area contributed by atoms with Crippen LogP contribution in [0.15, 0.2) is 44.2 Å². The van der Waals surface area contributed by atoms with Crippen LogP contribution < -0.4 is 0 Å². The molecule has 0 saturated carbocycles. The van der Waals surface area contributed by atoms with Gasteiger partial charge < -0.3 is 0 Å². The summed E-state index contributed by atoms with van der Waals surface area (Å²) in [6.45, 7) is 0. The molecule has 0 aromatic rings. The van der Waals surface area contributed by atoms with Crippen LogP contribution in [0.25, 0.3) is 0 Å². The Hall–Kier alpha value is -0.366. The summed E-state index contributed by atoms with van der Waals surface area (Å²) >= 11 is -2.31. The fourth-order valence-electron chi connectivity index (χ4n) is 2.07. The minimum absolute atomic E-state index is 1.10. The average Bonchev–Trinajstić information content (AvgIpc) is 2.88. The van der Waals surface area contributed by atoms with Crippen molar-refractivity contribution in [2.45, 2.75) is 18.1 Å². The normalized spacial score (nSPS) is 20.1. The van der Waals surface area contributed by atoms with Crippen molar-refractivity contribution < 1.29 is 20.3 Å². The van der Waals surface area contributed by atoms with Crippen molar-refractivity contribution in [3.05, 3.63) is 44.2 Å². The van der Waals surface area contributed by atoms with E-state index in [1.54, 1.807) is 7.76 Å². The van der Waals surface area contributed by atoms with E-state index < -0.39 is 17.0 Å². The van der Waals surface area contributed by atoms with Crippen LogP contribution in [-0.2, 0) is 20.3 Å². The van der Waals surface area contributed by atoms with Gasteiger partial charge in [0.05, 0.1) is 0 Å². The Balaban J connectivity index is 2.25. The summed E-state index contributed by atoms with van der Waals surface area (Å²) in [7, 11) is 1.87. The van der Waals surface area contributed by atoms with Crippen LogP contribution in [0, 0.1) is 0 Å². The van der Waals surface area contributed by atoms with Crippen LogP contribution in [0.3, 0.4) is 0 Å². The molecule has 2 heteroatoms. The zero-order chi connectivity index (χ0) is 10.0. The van der Waals surface area contributed by atoms with E-state index in [0.29, 0.717) is 0 Å². The number of hydrogen-bond acceptors (Lipinski definition) is 1. The molecule has 0 aromatic heterocycles. The van der Waals surface area contributed by atoms with Crippen LogP contribution in [0.4, 0.5) is 0 Å². The molecule has 0 fully saturated rings. The zero-order valence-electron chi connectivity index (χ0n) is 8.79. The Kier molecular flexibility index (Phi) is 2.92. The first kappa shape index (κ1) is 10.2. The zero-order valence-corrected chi connectivity index (χ0v) is 10.3. The molecule has 2 aliphatic carbocycles. The van der Waals surface area contributed by atoms with Crippen LogP contribution >= 0.6 is 0 Å². The van der Waals surface area contributed by atoms with Crippen LogP contribution in [0.2, 0.25) is 5.23 Å². The summed E-state index contributed by atoms with van der Waals surface area (Å²) in [4.78, 5) is 0. The standard InChI is InChI=1S/2C5H5.CH3O.CH3.Ti/c2*1-2-4-5-3-1;1-2;;/h2*1-3H,4H2;1H3;1H3;/q;;-1;;+1. The van der Waals surface area contributed by atoms with Gasteiger partial charge in [0.1, 0.15) is 0 Å². The van der Waals surface area contributed by atoms with Gasteiger partial charge in [0, 0.05) is 0 Å². The van der Waals surface area contributed by atoms with Gasteiger partial charge in [0.2, 0.25) is 0 Å². The molecule has 0 N–H and O–H groups in total. The summed E-state index contributed by atoms with van der Waals surface area (Å²) in [5.41, 5.74) is 0. The molecular formula is C12H16OTi. The molecule has 0 aromatic carbocycles. The second-order valence-corrected chi connectivity index (χ2v) is 9.76. The molecule has 0 amide bonds. The Labute approximate surface area is 89.7 Å². The van der Waals surface area contributed by atoms with Gasteiger partial charge in [0.15, 0.2) is 0 Å². The minimum atomic E-state index is -2.31. The molecular weight excluding hydrogens is 208 g/mol. The van der Waals surface area contributed by atoms with E-state index in [1.807, 2.05) is 7.11 Å². The Morgan fingerprint density at radius 2 is 1.57 bits per heavy atom. The molecule has 0 unspecified atom stereocenters. The first-order valence-electron chi connectivity index (χ1n) is 5.05. The van der Waals surface area contributed by atoms with E-state index in [2.05, 4.69) is 41.7 Å². The van der Waals surface area contributed by atoms with Crippen LogP contribution in [0.1, 0.15) is 12.8 Å². The Morgan fingerprint density at radius 1 is 1.07 bits per heavy atom. The summed E-state index contributed by atoms with van der Waals surface area (Å²) in [6, 6.07) is 0. The van der Waals surface area contributed by atoms with Gasteiger partial charge in [-0.05, 0) is 0 Å². The summed E-state index contributed by atoms with van der Waals surface area (Å²) in [5.74, 6) is 0. The fraction of sp³-hybridized carbons (Fsp3) is 0.333. The second-order valence-electron chi connectivity index (χ2n) is 3.89. The molecule has 14 heavy (non-hydrogen) atoms. The quantitative estimate of drug-likeness (QED) is 0.667. The maximum absolute atomic E-state index is 5.88. The molecule has 2 rings (SSSR count). The van der Waals surface area contributed by atoms with Crippen molar-refractivity contribution in [1.82, 2.24) is 0 Å². The monoisotopic (exact) mass is 224 g/mol. The van der Waals surface area contributed by atoms with Crippen molar-refractivity contribution in [3.8, 4) is 0 Å². The predicted molar refractivity (Wildman–Crippen MR) is 56.6 cm³/mol. The van der Waals surface area contributed by atoms with E-state index in [4.69, 9.17) is 3.32 Å². The average molecular weight is 224 g/mol. The van der Waals surface area contributed by atoms with E-state index >= 15 is 0 Å². The number of allylic oxidation sites excluding steroid dienone is 8. The predicted octanol–water partition coefficient (Wildman–Crippen LogP) is 3.44. The molecule has 0 radical (unpaired) electrons. The molecule has 0 bridgehead atoms. The second kappa shape index (κ2) is 4.02. The van der Waals surface area contributed by atoms with Gasteiger partial charge in [-0.3, -0.25) is 0 Å². The van der Waals surface area contributed by atoms with E-state index in [1.165, 1.54) is 0 Å². The van der Waals surface area contributed by atoms with Gasteiger partial charge in [-0.25, -0.2) is 0 Å². The molecule has 0 atom stereocenters. The molecule has 0 aliphatic heterocycles. The van der Waals surface area contributed by atoms with Crippen LogP contribution in [-0.4, -0.2) is 7.11 Å². The van der Waals surface area contributed by atoms with Crippen molar-refractivity contribution >= 4 is 0 Å². The van der Waals surface area contributed by atoms with Gasteiger partial charge in [-0.1, -0.05) is 0 Å². The van der Waals surface area contributed by atoms with Gasteiger partial charge in [0.25, 0.3) is 0 Å². The third-order valence-electron chi connectivity index (χ3n) is 3.18. The molecule has 0 heterocycles. The molecule has 0 saturated heterocycles. The number of hydrogen-bond donors (Lipinski definition) is 0. The summed E-state index contributed by atoms with van der Waals surface area (Å²) < 4.78 is 8.96. The molecule has 74 valence electrons. The van der Waals surface area contributed by atoms with Gasteiger partial charge in [-0.15, -0.1) is 0 Å². The van der Waals surface area contributed by atoms with Crippen molar-refractivity contribution in [2.75, 3.05) is 7.11 Å². The SMILES string of the molecule is C[O][Ti]([CH3])([C]1=CC=CC1)[C]1=CC=CC1. The van der Waals surface area contributed by atoms with E-state index in [9.17, 15) is 0 Å². The van der Waals surface area contributed by atoms with E-state index in [-0.39, 0.29) is 0 Å². The third-order valence-corrected chi connectivity index (χ3v) is 9.44. The first-order chi connectivity index (χ1) is 6.77. The molecule has 0 spiro atoms. The first-order valence-corrected chi connectivity index (χ1v) is 8.81. The maximum atomic E-state index is 5.88. The molecule has 2 aliphatic rings. The topological polar surface area (TPSA) is 9.23 Å². The molecule has 1 nitrogen and oxygen atoms in total. The van der Waals surface area contributed by atoms with E-state index in [0.717, 1.165) is 12.8 Å². The Bertz CT molecular complexity index is 317. The van der Waals surface area contributed by atoms with Gasteiger partial charge >= 0.3 is 89.7 Å².